The van der Waals surface area contributed by atoms with Gasteiger partial charge in [-0.1, -0.05) is 35.1 Å². The predicted octanol–water partition coefficient (Wildman–Crippen LogP) is 2.72. The fourth-order valence-corrected chi connectivity index (χ4v) is 4.29. The summed E-state index contributed by atoms with van der Waals surface area (Å²) in [5.74, 6) is -0.409. The van der Waals surface area contributed by atoms with Crippen molar-refractivity contribution < 1.29 is 12.8 Å². The number of hydrogen-bond acceptors (Lipinski definition) is 4. The van der Waals surface area contributed by atoms with Crippen LogP contribution in [0.15, 0.2) is 28.5 Å². The Morgan fingerprint density at radius 3 is 2.79 bits per heavy atom. The van der Waals surface area contributed by atoms with E-state index in [-0.39, 0.29) is 15.2 Å². The van der Waals surface area contributed by atoms with Crippen molar-refractivity contribution in [3.63, 3.8) is 0 Å². The summed E-state index contributed by atoms with van der Waals surface area (Å²) in [5, 5.41) is 0. The first kappa shape index (κ1) is 14.4. The van der Waals surface area contributed by atoms with Gasteiger partial charge in [0, 0.05) is 6.54 Å². The van der Waals surface area contributed by atoms with Gasteiger partial charge in [-0.15, -0.1) is 0 Å². The van der Waals surface area contributed by atoms with Crippen molar-refractivity contribution in [2.24, 2.45) is 0 Å². The largest absolute Gasteiger partial charge is 0.252 e. The van der Waals surface area contributed by atoms with Gasteiger partial charge in [0.05, 0.1) is 5.69 Å². The van der Waals surface area contributed by atoms with Crippen molar-refractivity contribution in [2.45, 2.75) is 17.7 Å². The zero-order chi connectivity index (χ0) is 14.0. The monoisotopic (exact) mass is 320 g/mol. The van der Waals surface area contributed by atoms with Gasteiger partial charge in [-0.2, -0.15) is 0 Å². The van der Waals surface area contributed by atoms with E-state index in [9.17, 15) is 12.8 Å². The third kappa shape index (κ3) is 3.50. The van der Waals surface area contributed by atoms with E-state index in [0.717, 1.165) is 11.3 Å². The smallest absolute Gasteiger partial charge is 0.229 e. The molecule has 0 radical (unpaired) electrons. The van der Waals surface area contributed by atoms with Gasteiger partial charge in [0.1, 0.15) is 5.82 Å². The zero-order valence-electron chi connectivity index (χ0n) is 9.85. The fraction of sp³-hybridized carbons (Fsp3) is 0.182. The van der Waals surface area contributed by atoms with Crippen LogP contribution in [0, 0.1) is 12.7 Å². The molecule has 4 nitrogen and oxygen atoms in total. The fourth-order valence-electron chi connectivity index (χ4n) is 1.49. The summed E-state index contributed by atoms with van der Waals surface area (Å²) < 4.78 is 39.7. The van der Waals surface area contributed by atoms with E-state index in [1.54, 1.807) is 13.0 Å². The molecule has 19 heavy (non-hydrogen) atoms. The number of hydrogen-bond donors (Lipinski definition) is 1. The summed E-state index contributed by atoms with van der Waals surface area (Å²) in [7, 11) is -3.68. The first-order valence-corrected chi connectivity index (χ1v) is 7.93. The van der Waals surface area contributed by atoms with Crippen LogP contribution >= 0.6 is 22.9 Å². The number of nitrogens with zero attached hydrogens (tertiary/aromatic N) is 1. The molecular formula is C11H10ClFN2O2S2. The Labute approximate surface area is 119 Å². The number of halogens is 2. The van der Waals surface area contributed by atoms with Crippen LogP contribution in [0.1, 0.15) is 11.3 Å². The van der Waals surface area contributed by atoms with Gasteiger partial charge >= 0.3 is 0 Å². The Kier molecular flexibility index (Phi) is 4.19. The summed E-state index contributed by atoms with van der Waals surface area (Å²) in [6.45, 7) is 1.58. The Hall–Kier alpha value is -1.02. The van der Waals surface area contributed by atoms with E-state index in [0.29, 0.717) is 11.3 Å². The Bertz CT molecular complexity index is 700. The number of rotatable bonds is 4. The highest BCUT2D eigenvalue weighted by Crippen LogP contribution is 2.26. The number of aromatic nitrogens is 1. The zero-order valence-corrected chi connectivity index (χ0v) is 12.2. The number of thiazole rings is 1. The molecule has 1 N–H and O–H groups in total. The highest BCUT2D eigenvalue weighted by Gasteiger charge is 2.21. The van der Waals surface area contributed by atoms with E-state index in [2.05, 4.69) is 9.71 Å². The standard InChI is InChI=1S/C11H10ClFN2O2S2/c1-7-10(18-11(12)15-7)19(16,17)14-6-8-3-2-4-9(13)5-8/h2-5,14H,6H2,1H3. The van der Waals surface area contributed by atoms with Crippen molar-refractivity contribution in [1.29, 1.82) is 0 Å². The number of nitrogens with one attached hydrogen (secondary N) is 1. The summed E-state index contributed by atoms with van der Waals surface area (Å²) >= 11 is 6.56. The van der Waals surface area contributed by atoms with Gasteiger partial charge in [0.15, 0.2) is 8.68 Å². The van der Waals surface area contributed by atoms with Crippen molar-refractivity contribution in [1.82, 2.24) is 9.71 Å². The molecule has 2 rings (SSSR count). The van der Waals surface area contributed by atoms with Crippen LogP contribution in [0.25, 0.3) is 0 Å². The second-order valence-electron chi connectivity index (χ2n) is 3.79. The molecule has 0 unspecified atom stereocenters. The minimum Gasteiger partial charge on any atom is -0.229 e. The quantitative estimate of drug-likeness (QED) is 0.942. The summed E-state index contributed by atoms with van der Waals surface area (Å²) in [5.41, 5.74) is 0.888. The first-order valence-electron chi connectivity index (χ1n) is 5.25. The molecule has 0 aliphatic rings. The van der Waals surface area contributed by atoms with Crippen LogP contribution in [0.5, 0.6) is 0 Å². The number of benzene rings is 1. The maximum Gasteiger partial charge on any atom is 0.252 e. The minimum absolute atomic E-state index is 0.00898. The minimum atomic E-state index is -3.68. The summed E-state index contributed by atoms with van der Waals surface area (Å²) in [4.78, 5) is 3.85. The maximum atomic E-state index is 13.0. The van der Waals surface area contributed by atoms with Gasteiger partial charge < -0.3 is 0 Å². The molecule has 8 heteroatoms. The molecule has 1 aromatic heterocycles. The molecule has 0 bridgehead atoms. The SMILES string of the molecule is Cc1nc(Cl)sc1S(=O)(=O)NCc1cccc(F)c1. The second-order valence-corrected chi connectivity index (χ2v) is 7.34. The van der Waals surface area contributed by atoms with Crippen LogP contribution in [0.3, 0.4) is 0 Å². The van der Waals surface area contributed by atoms with E-state index in [1.807, 2.05) is 0 Å². The van der Waals surface area contributed by atoms with Gasteiger partial charge in [0.25, 0.3) is 10.0 Å². The summed E-state index contributed by atoms with van der Waals surface area (Å²) in [6.07, 6.45) is 0. The Morgan fingerprint density at radius 1 is 1.47 bits per heavy atom. The average Bonchev–Trinajstić information content (AvgIpc) is 2.67. The molecule has 0 saturated heterocycles. The molecule has 0 aliphatic carbocycles. The topological polar surface area (TPSA) is 59.1 Å². The van der Waals surface area contributed by atoms with Gasteiger partial charge in [-0.05, 0) is 24.6 Å². The lowest BCUT2D eigenvalue weighted by molar-refractivity contribution is 0.581. The van der Waals surface area contributed by atoms with Crippen molar-refractivity contribution in [3.05, 3.63) is 45.8 Å². The lowest BCUT2D eigenvalue weighted by atomic mass is 10.2. The van der Waals surface area contributed by atoms with Gasteiger partial charge in [-0.3, -0.25) is 0 Å². The second kappa shape index (κ2) is 5.54. The third-order valence-electron chi connectivity index (χ3n) is 2.33. The van der Waals surface area contributed by atoms with Crippen molar-refractivity contribution in [2.75, 3.05) is 0 Å². The molecule has 102 valence electrons. The van der Waals surface area contributed by atoms with Gasteiger partial charge in [0.2, 0.25) is 0 Å². The Morgan fingerprint density at radius 2 is 2.21 bits per heavy atom. The van der Waals surface area contributed by atoms with Crippen LogP contribution in [0.4, 0.5) is 4.39 Å². The first-order chi connectivity index (χ1) is 8.88. The van der Waals surface area contributed by atoms with Gasteiger partial charge in [-0.25, -0.2) is 22.5 Å². The van der Waals surface area contributed by atoms with Crippen LogP contribution in [-0.4, -0.2) is 13.4 Å². The number of sulfonamides is 1. The molecule has 0 fully saturated rings. The van der Waals surface area contributed by atoms with Crippen molar-refractivity contribution in [3.8, 4) is 0 Å². The third-order valence-corrected chi connectivity index (χ3v) is 5.60. The molecule has 0 spiro atoms. The molecule has 0 aliphatic heterocycles. The molecule has 0 amide bonds. The molecular weight excluding hydrogens is 311 g/mol. The highest BCUT2D eigenvalue weighted by molar-refractivity contribution is 7.91. The van der Waals surface area contributed by atoms with Crippen LogP contribution in [-0.2, 0) is 16.6 Å². The van der Waals surface area contributed by atoms with Crippen molar-refractivity contribution >= 4 is 33.0 Å². The van der Waals surface area contributed by atoms with E-state index in [4.69, 9.17) is 11.6 Å². The average molecular weight is 321 g/mol. The van der Waals surface area contributed by atoms with Crippen LogP contribution in [0.2, 0.25) is 4.47 Å². The predicted molar refractivity (Wildman–Crippen MR) is 72.3 cm³/mol. The van der Waals surface area contributed by atoms with E-state index in [1.165, 1.54) is 18.2 Å². The lowest BCUT2D eigenvalue weighted by Gasteiger charge is -2.05. The normalized spacial score (nSPS) is 11.7. The molecule has 0 saturated carbocycles. The van der Waals surface area contributed by atoms with E-state index >= 15 is 0 Å². The molecule has 1 aromatic carbocycles. The van der Waals surface area contributed by atoms with E-state index < -0.39 is 15.8 Å². The molecule has 0 atom stereocenters. The molecule has 1 heterocycles. The summed E-state index contributed by atoms with van der Waals surface area (Å²) in [6, 6.07) is 5.73. The number of aryl methyl sites for hydroxylation is 1. The van der Waals surface area contributed by atoms with Crippen LogP contribution < -0.4 is 4.72 Å². The Balaban J connectivity index is 2.16. The lowest BCUT2D eigenvalue weighted by Crippen LogP contribution is -2.23. The maximum absolute atomic E-state index is 13.0. The highest BCUT2D eigenvalue weighted by atomic mass is 35.5. The molecule has 2 aromatic rings.